The fraction of sp³-hybridized carbons (Fsp3) is 0.350. The Morgan fingerprint density at radius 1 is 1.18 bits per heavy atom. The third kappa shape index (κ3) is 4.48. The first-order valence-electron chi connectivity index (χ1n) is 9.06. The Bertz CT molecular complexity index is 970. The van der Waals surface area contributed by atoms with Gasteiger partial charge in [-0.05, 0) is 49.1 Å². The van der Waals surface area contributed by atoms with Gasteiger partial charge in [0.2, 0.25) is 10.0 Å². The van der Waals surface area contributed by atoms with Crippen molar-refractivity contribution in [2.75, 3.05) is 25.5 Å². The van der Waals surface area contributed by atoms with E-state index in [4.69, 9.17) is 16.3 Å². The van der Waals surface area contributed by atoms with Crippen molar-refractivity contribution < 1.29 is 17.9 Å². The first-order chi connectivity index (χ1) is 13.3. The van der Waals surface area contributed by atoms with Crippen molar-refractivity contribution in [2.24, 2.45) is 5.92 Å². The fourth-order valence-electron chi connectivity index (χ4n) is 3.11. The molecule has 0 saturated carbocycles. The van der Waals surface area contributed by atoms with Crippen LogP contribution in [0.5, 0.6) is 5.75 Å². The summed E-state index contributed by atoms with van der Waals surface area (Å²) in [6, 6.07) is 11.1. The number of methoxy groups -OCH3 is 1. The lowest BCUT2D eigenvalue weighted by atomic mass is 10.0. The molecule has 1 N–H and O–H groups in total. The second kappa shape index (κ2) is 8.51. The SMILES string of the molecule is COc1cccc(NC(=O)c2cc(S(=O)(=O)N3CCC(C)CC3)ccc2Cl)c1. The third-order valence-electron chi connectivity index (χ3n) is 4.89. The van der Waals surface area contributed by atoms with E-state index in [-0.39, 0.29) is 15.5 Å². The number of nitrogens with one attached hydrogen (secondary N) is 1. The monoisotopic (exact) mass is 422 g/mol. The molecule has 0 aliphatic carbocycles. The molecule has 8 heteroatoms. The standard InChI is InChI=1S/C20H23ClN2O4S/c1-14-8-10-23(11-9-14)28(25,26)17-6-7-19(21)18(13-17)20(24)22-15-4-3-5-16(12-15)27-2/h3-7,12-14H,8-11H2,1-2H3,(H,22,24). The number of carbonyl (C=O) groups excluding carboxylic acids is 1. The lowest BCUT2D eigenvalue weighted by molar-refractivity contribution is 0.102. The van der Waals surface area contributed by atoms with Crippen LogP contribution >= 0.6 is 11.6 Å². The number of anilines is 1. The molecular formula is C20H23ClN2O4S. The molecule has 0 spiro atoms. The molecule has 3 rings (SSSR count). The van der Waals surface area contributed by atoms with Gasteiger partial charge in [-0.3, -0.25) is 4.79 Å². The van der Waals surface area contributed by atoms with Crippen LogP contribution in [0.2, 0.25) is 5.02 Å². The minimum absolute atomic E-state index is 0.0715. The van der Waals surface area contributed by atoms with Crippen LogP contribution in [-0.4, -0.2) is 38.8 Å². The molecule has 1 fully saturated rings. The zero-order chi connectivity index (χ0) is 20.3. The molecule has 0 bridgehead atoms. The van der Waals surface area contributed by atoms with Crippen molar-refractivity contribution in [1.29, 1.82) is 0 Å². The van der Waals surface area contributed by atoms with E-state index < -0.39 is 15.9 Å². The molecule has 1 aliphatic heterocycles. The van der Waals surface area contributed by atoms with Gasteiger partial charge in [0.25, 0.3) is 5.91 Å². The number of sulfonamides is 1. The summed E-state index contributed by atoms with van der Waals surface area (Å²) in [5.74, 6) is 0.628. The average Bonchev–Trinajstić information content (AvgIpc) is 2.68. The number of piperidine rings is 1. The predicted octanol–water partition coefficient (Wildman–Crippen LogP) is 4.02. The molecule has 0 atom stereocenters. The summed E-state index contributed by atoms with van der Waals surface area (Å²) in [5.41, 5.74) is 0.634. The summed E-state index contributed by atoms with van der Waals surface area (Å²) in [5, 5.41) is 2.91. The number of hydrogen-bond acceptors (Lipinski definition) is 4. The van der Waals surface area contributed by atoms with Crippen molar-refractivity contribution in [3.05, 3.63) is 53.1 Å². The highest BCUT2D eigenvalue weighted by molar-refractivity contribution is 7.89. The van der Waals surface area contributed by atoms with Crippen LogP contribution < -0.4 is 10.1 Å². The second-order valence-electron chi connectivity index (χ2n) is 6.91. The van der Waals surface area contributed by atoms with Gasteiger partial charge in [0.15, 0.2) is 0 Å². The number of amides is 1. The first-order valence-corrected chi connectivity index (χ1v) is 10.9. The van der Waals surface area contributed by atoms with E-state index >= 15 is 0 Å². The van der Waals surface area contributed by atoms with Crippen molar-refractivity contribution in [3.63, 3.8) is 0 Å². The lowest BCUT2D eigenvalue weighted by Gasteiger charge is -2.29. The third-order valence-corrected chi connectivity index (χ3v) is 7.11. The Morgan fingerprint density at radius 2 is 1.89 bits per heavy atom. The van der Waals surface area contributed by atoms with Gasteiger partial charge in [0.05, 0.1) is 22.6 Å². The minimum Gasteiger partial charge on any atom is -0.497 e. The number of nitrogens with zero attached hydrogens (tertiary/aromatic N) is 1. The number of rotatable bonds is 5. The number of benzene rings is 2. The summed E-state index contributed by atoms with van der Waals surface area (Å²) in [7, 11) is -2.13. The summed E-state index contributed by atoms with van der Waals surface area (Å²) in [6.07, 6.45) is 1.66. The molecule has 1 heterocycles. The van der Waals surface area contributed by atoms with Gasteiger partial charge in [-0.1, -0.05) is 24.6 Å². The average molecular weight is 423 g/mol. The molecule has 2 aromatic rings. The van der Waals surface area contributed by atoms with Crippen molar-refractivity contribution in [2.45, 2.75) is 24.7 Å². The van der Waals surface area contributed by atoms with Crippen LogP contribution in [0, 0.1) is 5.92 Å². The number of carbonyl (C=O) groups is 1. The van der Waals surface area contributed by atoms with Gasteiger partial charge in [-0.25, -0.2) is 8.42 Å². The summed E-state index contributed by atoms with van der Waals surface area (Å²) in [4.78, 5) is 12.8. The van der Waals surface area contributed by atoms with E-state index in [2.05, 4.69) is 12.2 Å². The lowest BCUT2D eigenvalue weighted by Crippen LogP contribution is -2.37. The molecule has 0 unspecified atom stereocenters. The quantitative estimate of drug-likeness (QED) is 0.789. The normalized spacial score (nSPS) is 16.0. The van der Waals surface area contributed by atoms with Gasteiger partial charge >= 0.3 is 0 Å². The molecule has 28 heavy (non-hydrogen) atoms. The number of hydrogen-bond donors (Lipinski definition) is 1. The molecular weight excluding hydrogens is 400 g/mol. The van der Waals surface area contributed by atoms with Crippen LogP contribution in [0.15, 0.2) is 47.4 Å². The zero-order valence-electron chi connectivity index (χ0n) is 15.8. The van der Waals surface area contributed by atoms with Crippen molar-refractivity contribution in [3.8, 4) is 5.75 Å². The van der Waals surface area contributed by atoms with Crippen LogP contribution in [-0.2, 0) is 10.0 Å². The van der Waals surface area contributed by atoms with Crippen LogP contribution in [0.25, 0.3) is 0 Å². The van der Waals surface area contributed by atoms with Crippen LogP contribution in [0.3, 0.4) is 0 Å². The first kappa shape index (κ1) is 20.6. The Hall–Kier alpha value is -2.09. The smallest absolute Gasteiger partial charge is 0.257 e. The molecule has 2 aromatic carbocycles. The molecule has 0 aromatic heterocycles. The van der Waals surface area contributed by atoms with Crippen LogP contribution in [0.1, 0.15) is 30.1 Å². The Kier molecular flexibility index (Phi) is 6.27. The topological polar surface area (TPSA) is 75.7 Å². The fourth-order valence-corrected chi connectivity index (χ4v) is 4.81. The van der Waals surface area contributed by atoms with Gasteiger partial charge < -0.3 is 10.1 Å². The summed E-state index contributed by atoms with van der Waals surface area (Å²) >= 11 is 6.18. The van der Waals surface area contributed by atoms with Gasteiger partial charge in [0, 0.05) is 24.8 Å². The summed E-state index contributed by atoms with van der Waals surface area (Å²) in [6.45, 7) is 3.09. The number of ether oxygens (including phenoxy) is 1. The maximum absolute atomic E-state index is 13.0. The maximum atomic E-state index is 13.0. The van der Waals surface area contributed by atoms with Crippen molar-refractivity contribution in [1.82, 2.24) is 4.31 Å². The van der Waals surface area contributed by atoms with E-state index in [0.29, 0.717) is 30.4 Å². The molecule has 1 aliphatic rings. The minimum atomic E-state index is -3.67. The molecule has 1 saturated heterocycles. The molecule has 1 amide bonds. The highest BCUT2D eigenvalue weighted by Gasteiger charge is 2.29. The van der Waals surface area contributed by atoms with E-state index in [1.54, 1.807) is 24.3 Å². The van der Waals surface area contributed by atoms with Crippen molar-refractivity contribution >= 4 is 33.2 Å². The molecule has 6 nitrogen and oxygen atoms in total. The Labute approximate surface area is 170 Å². The predicted molar refractivity (Wildman–Crippen MR) is 110 cm³/mol. The number of halogens is 1. The van der Waals surface area contributed by atoms with Crippen LogP contribution in [0.4, 0.5) is 5.69 Å². The summed E-state index contributed by atoms with van der Waals surface area (Å²) < 4.78 is 32.5. The van der Waals surface area contributed by atoms with Gasteiger partial charge in [-0.2, -0.15) is 4.31 Å². The Balaban J connectivity index is 1.85. The maximum Gasteiger partial charge on any atom is 0.257 e. The van der Waals surface area contributed by atoms with E-state index in [1.807, 2.05) is 0 Å². The largest absolute Gasteiger partial charge is 0.497 e. The molecule has 0 radical (unpaired) electrons. The second-order valence-corrected chi connectivity index (χ2v) is 9.26. The van der Waals surface area contributed by atoms with E-state index in [9.17, 15) is 13.2 Å². The zero-order valence-corrected chi connectivity index (χ0v) is 17.4. The van der Waals surface area contributed by atoms with E-state index in [1.165, 1.54) is 29.6 Å². The highest BCUT2D eigenvalue weighted by atomic mass is 35.5. The van der Waals surface area contributed by atoms with E-state index in [0.717, 1.165) is 12.8 Å². The molecule has 150 valence electrons. The Morgan fingerprint density at radius 3 is 2.57 bits per heavy atom. The van der Waals surface area contributed by atoms with Gasteiger partial charge in [0.1, 0.15) is 5.75 Å². The highest BCUT2D eigenvalue weighted by Crippen LogP contribution is 2.27. The van der Waals surface area contributed by atoms with Gasteiger partial charge in [-0.15, -0.1) is 0 Å².